The van der Waals surface area contributed by atoms with E-state index in [9.17, 15) is 13.2 Å². The van der Waals surface area contributed by atoms with Gasteiger partial charge in [-0.2, -0.15) is 13.2 Å². The molecule has 0 bridgehead atoms. The van der Waals surface area contributed by atoms with Crippen molar-refractivity contribution in [1.82, 2.24) is 9.88 Å². The lowest BCUT2D eigenvalue weighted by Crippen LogP contribution is -2.33. The molecular formula is C11H15F3N4. The number of nitrogen functional groups attached to an aromatic ring is 1. The quantitative estimate of drug-likeness (QED) is 0.626. The third-order valence-electron chi connectivity index (χ3n) is 2.36. The maximum absolute atomic E-state index is 12.3. The summed E-state index contributed by atoms with van der Waals surface area (Å²) < 4.78 is 36.9. The van der Waals surface area contributed by atoms with Crippen LogP contribution < -0.4 is 5.73 Å². The molecule has 3 N–H and O–H groups in total. The topological polar surface area (TPSA) is 66.0 Å². The van der Waals surface area contributed by atoms with E-state index in [1.54, 1.807) is 13.0 Å². The van der Waals surface area contributed by atoms with Gasteiger partial charge in [-0.15, -0.1) is 0 Å². The van der Waals surface area contributed by atoms with Crippen molar-refractivity contribution in [3.05, 3.63) is 29.6 Å². The zero-order chi connectivity index (χ0) is 13.8. The zero-order valence-electron chi connectivity index (χ0n) is 9.96. The Balaban J connectivity index is 2.76. The monoisotopic (exact) mass is 260 g/mol. The number of alkyl halides is 3. The Morgan fingerprint density at radius 2 is 2.17 bits per heavy atom. The number of hydrogen-bond acceptors (Lipinski definition) is 3. The summed E-state index contributed by atoms with van der Waals surface area (Å²) in [6.45, 7) is 1.15. The summed E-state index contributed by atoms with van der Waals surface area (Å²) in [5.74, 6) is -0.198. The lowest BCUT2D eigenvalue weighted by molar-refractivity contribution is -0.146. The van der Waals surface area contributed by atoms with Crippen LogP contribution in [-0.4, -0.2) is 35.0 Å². The van der Waals surface area contributed by atoms with Crippen molar-refractivity contribution in [3.63, 3.8) is 0 Å². The maximum atomic E-state index is 12.3. The van der Waals surface area contributed by atoms with Gasteiger partial charge in [0, 0.05) is 12.7 Å². The van der Waals surface area contributed by atoms with E-state index in [2.05, 4.69) is 4.98 Å². The molecule has 0 fully saturated rings. The van der Waals surface area contributed by atoms with Crippen molar-refractivity contribution in [1.29, 1.82) is 5.41 Å². The van der Waals surface area contributed by atoms with Gasteiger partial charge >= 0.3 is 6.18 Å². The van der Waals surface area contributed by atoms with Gasteiger partial charge in [0.05, 0.1) is 6.54 Å². The fourth-order valence-electron chi connectivity index (χ4n) is 1.51. The number of halogens is 3. The first-order chi connectivity index (χ1) is 8.31. The summed E-state index contributed by atoms with van der Waals surface area (Å²) in [4.78, 5) is 5.12. The fourth-order valence-corrected chi connectivity index (χ4v) is 1.51. The largest absolute Gasteiger partial charge is 0.401 e. The number of pyridine rings is 1. The Morgan fingerprint density at radius 1 is 1.50 bits per heavy atom. The Labute approximate surface area is 103 Å². The van der Waals surface area contributed by atoms with Crippen molar-refractivity contribution in [3.8, 4) is 0 Å². The number of nitrogens with two attached hydrogens (primary N) is 1. The SMILES string of the molecule is CCN(Cc1ccnc(C(=N)N)c1)CC(F)(F)F. The van der Waals surface area contributed by atoms with Gasteiger partial charge in [0.15, 0.2) is 0 Å². The summed E-state index contributed by atoms with van der Waals surface area (Å²) in [6.07, 6.45) is -2.78. The van der Waals surface area contributed by atoms with E-state index in [-0.39, 0.29) is 24.6 Å². The number of nitrogens with zero attached hydrogens (tertiary/aromatic N) is 2. The van der Waals surface area contributed by atoms with Crippen molar-refractivity contribution >= 4 is 5.84 Å². The van der Waals surface area contributed by atoms with E-state index < -0.39 is 12.7 Å². The van der Waals surface area contributed by atoms with Crippen LogP contribution in [0.25, 0.3) is 0 Å². The van der Waals surface area contributed by atoms with Gasteiger partial charge in [0.1, 0.15) is 11.5 Å². The molecule has 0 aliphatic carbocycles. The highest BCUT2D eigenvalue weighted by atomic mass is 19.4. The molecule has 1 rings (SSSR count). The normalized spacial score (nSPS) is 11.8. The Kier molecular flexibility index (Phi) is 4.66. The van der Waals surface area contributed by atoms with E-state index in [1.165, 1.54) is 17.2 Å². The average molecular weight is 260 g/mol. The van der Waals surface area contributed by atoms with Crippen LogP contribution in [0, 0.1) is 5.41 Å². The van der Waals surface area contributed by atoms with Gasteiger partial charge in [0.2, 0.25) is 0 Å². The van der Waals surface area contributed by atoms with Crippen molar-refractivity contribution in [2.75, 3.05) is 13.1 Å². The molecule has 0 saturated carbocycles. The molecule has 7 heteroatoms. The molecule has 0 unspecified atom stereocenters. The molecular weight excluding hydrogens is 245 g/mol. The first-order valence-electron chi connectivity index (χ1n) is 5.40. The van der Waals surface area contributed by atoms with E-state index >= 15 is 0 Å². The van der Waals surface area contributed by atoms with Crippen LogP contribution in [0.1, 0.15) is 18.2 Å². The number of aromatic nitrogens is 1. The lowest BCUT2D eigenvalue weighted by atomic mass is 10.2. The summed E-state index contributed by atoms with van der Waals surface area (Å²) >= 11 is 0. The molecule has 100 valence electrons. The molecule has 0 atom stereocenters. The van der Waals surface area contributed by atoms with Gasteiger partial charge in [-0.3, -0.25) is 15.3 Å². The molecule has 1 aromatic rings. The van der Waals surface area contributed by atoms with Crippen LogP contribution in [0.2, 0.25) is 0 Å². The average Bonchev–Trinajstić information content (AvgIpc) is 2.26. The summed E-state index contributed by atoms with van der Waals surface area (Å²) in [5.41, 5.74) is 6.20. The highest BCUT2D eigenvalue weighted by molar-refractivity contribution is 5.93. The second-order valence-electron chi connectivity index (χ2n) is 3.88. The highest BCUT2D eigenvalue weighted by Crippen LogP contribution is 2.17. The maximum Gasteiger partial charge on any atom is 0.401 e. The molecule has 4 nitrogen and oxygen atoms in total. The van der Waals surface area contributed by atoms with E-state index in [0.29, 0.717) is 5.56 Å². The standard InChI is InChI=1S/C11H15F3N4/c1-2-18(7-11(12,13)14)6-8-3-4-17-9(5-8)10(15)16/h3-5H,2,6-7H2,1H3,(H3,15,16). The number of rotatable bonds is 5. The lowest BCUT2D eigenvalue weighted by Gasteiger charge is -2.21. The molecule has 1 heterocycles. The third-order valence-corrected chi connectivity index (χ3v) is 2.36. The molecule has 0 amide bonds. The van der Waals surface area contributed by atoms with Crippen LogP contribution in [-0.2, 0) is 6.54 Å². The second-order valence-corrected chi connectivity index (χ2v) is 3.88. The molecule has 0 aliphatic rings. The Morgan fingerprint density at radius 3 is 2.67 bits per heavy atom. The molecule has 0 saturated heterocycles. The van der Waals surface area contributed by atoms with Gasteiger partial charge in [-0.25, -0.2) is 0 Å². The predicted octanol–water partition coefficient (Wildman–Crippen LogP) is 1.75. The molecule has 0 aliphatic heterocycles. The van der Waals surface area contributed by atoms with Gasteiger partial charge < -0.3 is 5.73 Å². The van der Waals surface area contributed by atoms with E-state index in [0.717, 1.165) is 0 Å². The van der Waals surface area contributed by atoms with Crippen LogP contribution in [0.3, 0.4) is 0 Å². The summed E-state index contributed by atoms with van der Waals surface area (Å²) in [5, 5.41) is 7.23. The minimum absolute atomic E-state index is 0.152. The fraction of sp³-hybridized carbons (Fsp3) is 0.455. The van der Waals surface area contributed by atoms with Crippen LogP contribution in [0.4, 0.5) is 13.2 Å². The van der Waals surface area contributed by atoms with Gasteiger partial charge in [-0.1, -0.05) is 6.92 Å². The van der Waals surface area contributed by atoms with Gasteiger partial charge in [0.25, 0.3) is 0 Å². The molecule has 1 aromatic heterocycles. The van der Waals surface area contributed by atoms with Gasteiger partial charge in [-0.05, 0) is 24.2 Å². The number of amidine groups is 1. The Bertz CT molecular complexity index is 417. The third kappa shape index (κ3) is 4.70. The summed E-state index contributed by atoms with van der Waals surface area (Å²) in [6, 6.07) is 3.15. The summed E-state index contributed by atoms with van der Waals surface area (Å²) in [7, 11) is 0. The smallest absolute Gasteiger partial charge is 0.382 e. The van der Waals surface area contributed by atoms with Crippen molar-refractivity contribution < 1.29 is 13.2 Å². The molecule has 0 spiro atoms. The molecule has 0 aromatic carbocycles. The zero-order valence-corrected chi connectivity index (χ0v) is 9.96. The van der Waals surface area contributed by atoms with Crippen LogP contribution in [0.5, 0.6) is 0 Å². The Hall–Kier alpha value is -1.63. The minimum Gasteiger partial charge on any atom is -0.382 e. The first-order valence-corrected chi connectivity index (χ1v) is 5.40. The van der Waals surface area contributed by atoms with Crippen molar-refractivity contribution in [2.45, 2.75) is 19.6 Å². The molecule has 0 radical (unpaired) electrons. The second kappa shape index (κ2) is 5.81. The number of hydrogen-bond donors (Lipinski definition) is 2. The van der Waals surface area contributed by atoms with Crippen molar-refractivity contribution in [2.24, 2.45) is 5.73 Å². The predicted molar refractivity (Wildman–Crippen MR) is 62.3 cm³/mol. The van der Waals surface area contributed by atoms with E-state index in [1.807, 2.05) is 0 Å². The van der Waals surface area contributed by atoms with Crippen LogP contribution >= 0.6 is 0 Å². The first kappa shape index (κ1) is 14.4. The van der Waals surface area contributed by atoms with E-state index in [4.69, 9.17) is 11.1 Å². The minimum atomic E-state index is -4.22. The number of nitrogens with one attached hydrogen (secondary N) is 1. The molecule has 18 heavy (non-hydrogen) atoms. The highest BCUT2D eigenvalue weighted by Gasteiger charge is 2.30. The van der Waals surface area contributed by atoms with Crippen LogP contribution in [0.15, 0.2) is 18.3 Å².